The first-order chi connectivity index (χ1) is 40.0. The van der Waals surface area contributed by atoms with Gasteiger partial charge in [0.2, 0.25) is 0 Å². The van der Waals surface area contributed by atoms with E-state index in [1.807, 2.05) is 39.8 Å². The first-order valence-corrected chi connectivity index (χ1v) is 33.9. The van der Waals surface area contributed by atoms with Crippen LogP contribution in [-0.2, 0) is 38.5 Å². The second-order valence-corrected chi connectivity index (χ2v) is 25.3. The van der Waals surface area contributed by atoms with Crippen LogP contribution in [0, 0.1) is 13.8 Å². The predicted molar refractivity (Wildman–Crippen MR) is 358 cm³/mol. The molecule has 8 N–H and O–H groups in total. The molecule has 0 heterocycles. The average Bonchev–Trinajstić information content (AvgIpc) is 3.62. The third-order valence-electron chi connectivity index (χ3n) is 17.6. The number of hydrogen-bond donors (Lipinski definition) is 8. The van der Waals surface area contributed by atoms with Gasteiger partial charge in [-0.3, -0.25) is 0 Å². The summed E-state index contributed by atoms with van der Waals surface area (Å²) in [6.45, 7) is 29.2. The summed E-state index contributed by atoms with van der Waals surface area (Å²) in [5, 5.41) is 82.4. The van der Waals surface area contributed by atoms with Gasteiger partial charge < -0.3 is 40.9 Å². The van der Waals surface area contributed by atoms with Crippen LogP contribution in [0.2, 0.25) is 0 Å². The first-order valence-electron chi connectivity index (χ1n) is 33.9. The van der Waals surface area contributed by atoms with Crippen molar-refractivity contribution in [2.24, 2.45) is 0 Å². The molecule has 8 heteroatoms. The van der Waals surface area contributed by atoms with Crippen molar-refractivity contribution in [3.05, 3.63) is 141 Å². The van der Waals surface area contributed by atoms with E-state index >= 15 is 0 Å². The van der Waals surface area contributed by atoms with E-state index in [1.165, 1.54) is 38.9 Å². The summed E-state index contributed by atoms with van der Waals surface area (Å²) in [4.78, 5) is 0. The lowest BCUT2D eigenvalue weighted by Crippen LogP contribution is -2.29. The molecule has 0 radical (unpaired) electrons. The maximum atomic E-state index is 10.8. The predicted octanol–water partition coefficient (Wildman–Crippen LogP) is 17.9. The summed E-state index contributed by atoms with van der Waals surface area (Å²) in [6, 6.07) is 29.4. The van der Waals surface area contributed by atoms with Gasteiger partial charge in [-0.1, -0.05) is 219 Å². The van der Waals surface area contributed by atoms with Gasteiger partial charge in [0.15, 0.2) is 0 Å². The number of hydrogen-bond acceptors (Lipinski definition) is 8. The summed E-state index contributed by atoms with van der Waals surface area (Å²) in [6.07, 6.45) is 25.2. The number of aryl methyl sites for hydroxylation is 6. The van der Waals surface area contributed by atoms with Crippen LogP contribution in [0.4, 0.5) is 0 Å². The van der Waals surface area contributed by atoms with E-state index in [0.717, 1.165) is 209 Å². The van der Waals surface area contributed by atoms with Crippen LogP contribution in [0.5, 0.6) is 0 Å². The van der Waals surface area contributed by atoms with Crippen molar-refractivity contribution >= 4 is 0 Å². The van der Waals surface area contributed by atoms with Crippen molar-refractivity contribution in [3.63, 3.8) is 0 Å². The van der Waals surface area contributed by atoms with Crippen LogP contribution in [0.1, 0.15) is 305 Å². The van der Waals surface area contributed by atoms with Crippen molar-refractivity contribution in [3.8, 4) is 0 Å². The maximum Gasteiger partial charge on any atom is 0.0792 e. The van der Waals surface area contributed by atoms with Gasteiger partial charge in [0.25, 0.3) is 0 Å². The highest BCUT2D eigenvalue weighted by atomic mass is 16.3. The Hall–Kier alpha value is -3.44. The standard InChI is InChI=1S/2C20H34O2.C19H32O2.C17H28O2/c1-5-8-19(21)18-10-9-16(4)17(15-18)11-14-20(22,12-6-2)13-7-3;1-5-8-19(21)18-15-17(10-9-16(18)4)11-14-20(22,12-6-2)13-7-3;1-4-11-19(21,12-5-2)13-10-16-8-7-9-17(14-16)15-18(20)6-3;1-4-16(18)13-15-9-7-8-14(12-15)10-11-17(19,5-2)6-3/h2*9-10,15,19,21-22H,5-8,11-14H2,1-4H3;7-9,14,18,20-21H,4-6,10-13,15H2,1-3H3;7-9,12,16,18-19H,4-6,10-11,13H2,1-3H3. The van der Waals surface area contributed by atoms with Crippen molar-refractivity contribution in [1.29, 1.82) is 0 Å². The fourth-order valence-corrected chi connectivity index (χ4v) is 11.9. The van der Waals surface area contributed by atoms with E-state index in [0.29, 0.717) is 0 Å². The molecule has 0 spiro atoms. The van der Waals surface area contributed by atoms with Crippen molar-refractivity contribution in [2.45, 2.75) is 336 Å². The molecule has 4 aromatic carbocycles. The Balaban J connectivity index is 0.000000561. The van der Waals surface area contributed by atoms with E-state index in [1.54, 1.807) is 0 Å². The zero-order valence-corrected chi connectivity index (χ0v) is 56.2. The fourth-order valence-electron chi connectivity index (χ4n) is 11.9. The molecule has 4 aromatic rings. The number of aliphatic hydroxyl groups is 8. The molecule has 8 nitrogen and oxygen atoms in total. The molecule has 480 valence electrons. The second kappa shape index (κ2) is 43.2. The van der Waals surface area contributed by atoms with E-state index in [4.69, 9.17) is 0 Å². The van der Waals surface area contributed by atoms with Gasteiger partial charge in [-0.2, -0.15) is 0 Å². The zero-order chi connectivity index (χ0) is 63.2. The van der Waals surface area contributed by atoms with Crippen molar-refractivity contribution in [2.75, 3.05) is 0 Å². The summed E-state index contributed by atoms with van der Waals surface area (Å²) in [7, 11) is 0. The largest absolute Gasteiger partial charge is 0.393 e. The van der Waals surface area contributed by atoms with E-state index < -0.39 is 22.4 Å². The highest BCUT2D eigenvalue weighted by Gasteiger charge is 2.27. The molecule has 0 amide bonds. The molecular formula is C76H128O8. The monoisotopic (exact) mass is 1170 g/mol. The smallest absolute Gasteiger partial charge is 0.0792 e. The molecule has 0 bridgehead atoms. The Morgan fingerprint density at radius 1 is 0.345 bits per heavy atom. The number of aliphatic hydroxyl groups excluding tert-OH is 4. The van der Waals surface area contributed by atoms with Crippen LogP contribution in [0.25, 0.3) is 0 Å². The first kappa shape index (κ1) is 78.6. The van der Waals surface area contributed by atoms with Gasteiger partial charge in [-0.05, 0) is 211 Å². The summed E-state index contributed by atoms with van der Waals surface area (Å²) >= 11 is 0. The molecule has 0 fully saturated rings. The number of rotatable bonds is 38. The third kappa shape index (κ3) is 31.5. The Morgan fingerprint density at radius 2 is 0.702 bits per heavy atom. The third-order valence-corrected chi connectivity index (χ3v) is 17.6. The molecule has 0 saturated carbocycles. The average molecular weight is 1170 g/mol. The normalized spacial score (nSPS) is 13.4. The fraction of sp³-hybridized carbons (Fsp3) is 0.684. The molecule has 4 atom stereocenters. The van der Waals surface area contributed by atoms with Gasteiger partial charge in [-0.15, -0.1) is 0 Å². The Kier molecular flexibility index (Phi) is 40.4. The SMILES string of the molecule is CCC(O)Cc1cccc(CCC(O)(CC)CC)c1.CCCC(O)(CCC)CCc1cccc(CC(O)CC)c1.CCCC(O)c1cc(CCC(O)(CCC)CCC)ccc1C.CCCC(O)c1ccc(C)c(CCC(O)(CCC)CCC)c1. The van der Waals surface area contributed by atoms with Crippen molar-refractivity contribution < 1.29 is 40.9 Å². The minimum atomic E-state index is -0.534. The quantitative estimate of drug-likeness (QED) is 0.0220. The van der Waals surface area contributed by atoms with Gasteiger partial charge >= 0.3 is 0 Å². The lowest BCUT2D eigenvalue weighted by Gasteiger charge is -2.28. The molecule has 0 aromatic heterocycles. The van der Waals surface area contributed by atoms with E-state index in [9.17, 15) is 40.9 Å². The highest BCUT2D eigenvalue weighted by Crippen LogP contribution is 2.31. The molecule has 4 rings (SSSR count). The van der Waals surface area contributed by atoms with Gasteiger partial charge in [-0.25, -0.2) is 0 Å². The molecule has 0 aliphatic rings. The van der Waals surface area contributed by atoms with Crippen LogP contribution in [0.15, 0.2) is 84.9 Å². The van der Waals surface area contributed by atoms with E-state index in [2.05, 4.69) is 142 Å². The lowest BCUT2D eigenvalue weighted by molar-refractivity contribution is 0.0127. The Bertz CT molecular complexity index is 2270. The molecule has 0 aliphatic carbocycles. The molecular weight excluding hydrogens is 1040 g/mol. The number of benzene rings is 4. The van der Waals surface area contributed by atoms with Crippen LogP contribution < -0.4 is 0 Å². The summed E-state index contributed by atoms with van der Waals surface area (Å²) in [5.41, 5.74) is 9.74. The van der Waals surface area contributed by atoms with Crippen LogP contribution in [0.3, 0.4) is 0 Å². The van der Waals surface area contributed by atoms with Crippen LogP contribution in [-0.4, -0.2) is 75.5 Å². The summed E-state index contributed by atoms with van der Waals surface area (Å²) < 4.78 is 0. The molecule has 84 heavy (non-hydrogen) atoms. The lowest BCUT2D eigenvalue weighted by atomic mass is 9.85. The van der Waals surface area contributed by atoms with Gasteiger partial charge in [0.1, 0.15) is 0 Å². The Labute approximate surface area is 515 Å². The topological polar surface area (TPSA) is 162 Å². The summed E-state index contributed by atoms with van der Waals surface area (Å²) in [5.74, 6) is 0. The highest BCUT2D eigenvalue weighted by molar-refractivity contribution is 5.34. The van der Waals surface area contributed by atoms with E-state index in [-0.39, 0.29) is 24.4 Å². The van der Waals surface area contributed by atoms with Gasteiger partial charge in [0, 0.05) is 0 Å². The molecule has 0 saturated heterocycles. The molecule has 4 unspecified atom stereocenters. The second-order valence-electron chi connectivity index (χ2n) is 25.3. The molecule has 0 aliphatic heterocycles. The van der Waals surface area contributed by atoms with Gasteiger partial charge in [0.05, 0.1) is 46.8 Å². The Morgan fingerprint density at radius 3 is 1.08 bits per heavy atom. The zero-order valence-electron chi connectivity index (χ0n) is 56.2. The van der Waals surface area contributed by atoms with Crippen molar-refractivity contribution in [1.82, 2.24) is 0 Å². The van der Waals surface area contributed by atoms with Crippen LogP contribution >= 0.6 is 0 Å². The minimum absolute atomic E-state index is 0.251. The minimum Gasteiger partial charge on any atom is -0.393 e. The maximum absolute atomic E-state index is 10.8.